The molecule has 7 nitrogen and oxygen atoms in total. The van der Waals surface area contributed by atoms with E-state index in [1.54, 1.807) is 0 Å². The van der Waals surface area contributed by atoms with Crippen molar-refractivity contribution in [1.29, 1.82) is 0 Å². The summed E-state index contributed by atoms with van der Waals surface area (Å²) in [6, 6.07) is 1.38. The third-order valence-corrected chi connectivity index (χ3v) is 6.23. The maximum absolute atomic E-state index is 12.3. The van der Waals surface area contributed by atoms with E-state index in [4.69, 9.17) is 9.31 Å². The molecule has 9 heteroatoms. The fourth-order valence-corrected chi connectivity index (χ4v) is 3.27. The molecule has 1 saturated heterocycles. The number of aromatic nitrogens is 1. The van der Waals surface area contributed by atoms with E-state index in [-0.39, 0.29) is 16.3 Å². The first-order valence-electron chi connectivity index (χ1n) is 7.62. The number of nitrogens with zero attached hydrogens (tertiary/aromatic N) is 1. The van der Waals surface area contributed by atoms with Crippen LogP contribution in [0.3, 0.4) is 0 Å². The predicted molar refractivity (Wildman–Crippen MR) is 89.0 cm³/mol. The number of pyridine rings is 1. The molecule has 1 aromatic heterocycles. The Balaban J connectivity index is 2.52. The molecular formula is C15H22BNO6S. The Morgan fingerprint density at radius 1 is 1.25 bits per heavy atom. The summed E-state index contributed by atoms with van der Waals surface area (Å²) < 4.78 is 41.1. The van der Waals surface area contributed by atoms with Crippen LogP contribution in [0.5, 0.6) is 0 Å². The van der Waals surface area contributed by atoms with Gasteiger partial charge in [-0.2, -0.15) is 0 Å². The Hall–Kier alpha value is -1.45. The van der Waals surface area contributed by atoms with Crippen LogP contribution in [0, 0.1) is 0 Å². The zero-order chi connectivity index (χ0) is 18.3. The summed E-state index contributed by atoms with van der Waals surface area (Å²) in [6.07, 6.45) is 1.38. The molecule has 0 spiro atoms. The normalized spacial score (nSPS) is 19.3. The lowest BCUT2D eigenvalue weighted by atomic mass is 9.80. The van der Waals surface area contributed by atoms with Gasteiger partial charge in [0.2, 0.25) is 0 Å². The number of hydrogen-bond acceptors (Lipinski definition) is 7. The fourth-order valence-electron chi connectivity index (χ4n) is 2.21. The molecule has 0 N–H and O–H groups in total. The monoisotopic (exact) mass is 355 g/mol. The molecule has 0 unspecified atom stereocenters. The first kappa shape index (κ1) is 18.9. The Bertz CT molecular complexity index is 743. The first-order valence-corrected chi connectivity index (χ1v) is 9.27. The molecule has 0 bridgehead atoms. The molecule has 0 atom stereocenters. The maximum atomic E-state index is 12.3. The van der Waals surface area contributed by atoms with Gasteiger partial charge in [-0.1, -0.05) is 6.92 Å². The Labute approximate surface area is 142 Å². The van der Waals surface area contributed by atoms with Gasteiger partial charge in [-0.05, 0) is 33.8 Å². The van der Waals surface area contributed by atoms with Gasteiger partial charge in [-0.15, -0.1) is 0 Å². The molecule has 24 heavy (non-hydrogen) atoms. The van der Waals surface area contributed by atoms with Crippen molar-refractivity contribution >= 4 is 28.4 Å². The second-order valence-electron chi connectivity index (χ2n) is 6.60. The summed E-state index contributed by atoms with van der Waals surface area (Å²) in [4.78, 5) is 15.6. The summed E-state index contributed by atoms with van der Waals surface area (Å²) >= 11 is 0. The van der Waals surface area contributed by atoms with Crippen molar-refractivity contribution in [2.45, 2.75) is 50.7 Å². The van der Waals surface area contributed by atoms with Crippen LogP contribution >= 0.6 is 0 Å². The number of hydrogen-bond donors (Lipinski definition) is 0. The van der Waals surface area contributed by atoms with E-state index in [1.165, 1.54) is 26.3 Å². The summed E-state index contributed by atoms with van der Waals surface area (Å²) in [7, 11) is -3.26. The number of sulfone groups is 1. The van der Waals surface area contributed by atoms with Crippen molar-refractivity contribution in [2.24, 2.45) is 0 Å². The van der Waals surface area contributed by atoms with Gasteiger partial charge in [0, 0.05) is 11.7 Å². The first-order chi connectivity index (χ1) is 10.9. The van der Waals surface area contributed by atoms with Crippen molar-refractivity contribution in [3.63, 3.8) is 0 Å². The van der Waals surface area contributed by atoms with Crippen molar-refractivity contribution < 1.29 is 27.3 Å². The summed E-state index contributed by atoms with van der Waals surface area (Å²) in [5.74, 6) is -0.964. The van der Waals surface area contributed by atoms with Crippen molar-refractivity contribution in [3.8, 4) is 0 Å². The summed E-state index contributed by atoms with van der Waals surface area (Å²) in [5, 5.41) is 0. The van der Waals surface area contributed by atoms with Gasteiger partial charge in [0.15, 0.2) is 15.5 Å². The SMILES string of the molecule is CCS(=O)(=O)c1cc(B2OC(C)(C)C(C)(C)O2)cnc1C(=O)OC. The highest BCUT2D eigenvalue weighted by Gasteiger charge is 2.52. The van der Waals surface area contributed by atoms with E-state index in [0.29, 0.717) is 5.46 Å². The minimum Gasteiger partial charge on any atom is -0.464 e. The third-order valence-electron chi connectivity index (χ3n) is 4.49. The molecule has 1 aliphatic heterocycles. The van der Waals surface area contributed by atoms with Crippen LogP contribution in [-0.4, -0.2) is 50.6 Å². The lowest BCUT2D eigenvalue weighted by Crippen LogP contribution is -2.41. The Morgan fingerprint density at radius 2 is 1.79 bits per heavy atom. The topological polar surface area (TPSA) is 91.8 Å². The van der Waals surface area contributed by atoms with Gasteiger partial charge in [-0.25, -0.2) is 18.2 Å². The summed E-state index contributed by atoms with van der Waals surface area (Å²) in [5.41, 5.74) is -0.932. The number of rotatable bonds is 4. The van der Waals surface area contributed by atoms with E-state index in [0.717, 1.165) is 0 Å². The largest absolute Gasteiger partial charge is 0.496 e. The van der Waals surface area contributed by atoms with Crippen molar-refractivity contribution in [1.82, 2.24) is 4.98 Å². The molecule has 0 aromatic carbocycles. The van der Waals surface area contributed by atoms with Crippen LogP contribution < -0.4 is 5.46 Å². The minimum absolute atomic E-state index is 0.161. The van der Waals surface area contributed by atoms with Crippen LogP contribution in [0.15, 0.2) is 17.2 Å². The molecule has 1 fully saturated rings. The second-order valence-corrected chi connectivity index (χ2v) is 8.85. The highest BCUT2D eigenvalue weighted by atomic mass is 32.2. The lowest BCUT2D eigenvalue weighted by molar-refractivity contribution is 0.00578. The highest BCUT2D eigenvalue weighted by Crippen LogP contribution is 2.36. The molecule has 2 heterocycles. The van der Waals surface area contributed by atoms with Gasteiger partial charge in [0.25, 0.3) is 0 Å². The van der Waals surface area contributed by atoms with Crippen LogP contribution in [0.1, 0.15) is 45.1 Å². The van der Waals surface area contributed by atoms with E-state index >= 15 is 0 Å². The van der Waals surface area contributed by atoms with Gasteiger partial charge in [0.05, 0.1) is 29.0 Å². The van der Waals surface area contributed by atoms with Gasteiger partial charge in [-0.3, -0.25) is 0 Å². The summed E-state index contributed by atoms with van der Waals surface area (Å²) in [6.45, 7) is 9.08. The van der Waals surface area contributed by atoms with Gasteiger partial charge < -0.3 is 14.0 Å². The number of ether oxygens (including phenoxy) is 1. The quantitative estimate of drug-likeness (QED) is 0.587. The van der Waals surface area contributed by atoms with Crippen LogP contribution in [-0.2, 0) is 23.9 Å². The zero-order valence-electron chi connectivity index (χ0n) is 14.7. The number of methoxy groups -OCH3 is 1. The van der Waals surface area contributed by atoms with Crippen LogP contribution in [0.25, 0.3) is 0 Å². The average Bonchev–Trinajstić information content (AvgIpc) is 2.74. The number of esters is 1. The number of carbonyl (C=O) groups is 1. The van der Waals surface area contributed by atoms with Crippen LogP contribution in [0.4, 0.5) is 0 Å². The van der Waals surface area contributed by atoms with E-state index < -0.39 is 34.1 Å². The molecule has 0 aliphatic carbocycles. The van der Waals surface area contributed by atoms with E-state index in [1.807, 2.05) is 27.7 Å². The minimum atomic E-state index is -3.67. The second kappa shape index (κ2) is 6.13. The molecule has 1 aromatic rings. The molecule has 132 valence electrons. The fraction of sp³-hybridized carbons (Fsp3) is 0.600. The van der Waals surface area contributed by atoms with Crippen molar-refractivity contribution in [2.75, 3.05) is 12.9 Å². The van der Waals surface area contributed by atoms with Gasteiger partial charge >= 0.3 is 13.1 Å². The van der Waals surface area contributed by atoms with Crippen LogP contribution in [0.2, 0.25) is 0 Å². The van der Waals surface area contributed by atoms with Crippen molar-refractivity contribution in [3.05, 3.63) is 18.0 Å². The smallest absolute Gasteiger partial charge is 0.464 e. The zero-order valence-corrected chi connectivity index (χ0v) is 15.6. The maximum Gasteiger partial charge on any atom is 0.496 e. The molecule has 2 rings (SSSR count). The standard InChI is InChI=1S/C15H22BNO6S/c1-7-24(19,20)11-8-10(9-17-12(11)13(18)21-6)16-22-14(2,3)15(4,5)23-16/h8-9H,7H2,1-6H3. The lowest BCUT2D eigenvalue weighted by Gasteiger charge is -2.32. The number of carbonyl (C=O) groups excluding carboxylic acids is 1. The third kappa shape index (κ3) is 3.20. The Kier molecular flexibility index (Phi) is 4.82. The van der Waals surface area contributed by atoms with E-state index in [9.17, 15) is 13.2 Å². The molecule has 0 radical (unpaired) electrons. The van der Waals surface area contributed by atoms with E-state index in [2.05, 4.69) is 9.72 Å². The predicted octanol–water partition coefficient (Wildman–Crippen LogP) is 0.961. The highest BCUT2D eigenvalue weighted by molar-refractivity contribution is 7.91. The molecule has 0 saturated carbocycles. The molecular weight excluding hydrogens is 333 g/mol. The van der Waals surface area contributed by atoms with Gasteiger partial charge in [0.1, 0.15) is 0 Å². The molecule has 1 aliphatic rings. The Morgan fingerprint density at radius 3 is 2.25 bits per heavy atom. The molecule has 0 amide bonds. The average molecular weight is 355 g/mol.